The van der Waals surface area contributed by atoms with Gasteiger partial charge in [0.15, 0.2) is 0 Å². The van der Waals surface area contributed by atoms with Crippen LogP contribution in [0.4, 0.5) is 0 Å². The van der Waals surface area contributed by atoms with Crippen molar-refractivity contribution in [3.05, 3.63) is 64.6 Å². The number of hydrogen-bond donors (Lipinski definition) is 2. The second kappa shape index (κ2) is 7.63. The van der Waals surface area contributed by atoms with E-state index in [0.717, 1.165) is 5.56 Å². The molecule has 2 aromatic heterocycles. The number of amides is 1. The number of aliphatic hydroxyl groups is 1. The molecule has 0 bridgehead atoms. The molecular formula is C17H17N5O3. The van der Waals surface area contributed by atoms with E-state index in [9.17, 15) is 9.59 Å². The highest BCUT2D eigenvalue weighted by atomic mass is 16.3. The molecule has 2 N–H and O–H groups in total. The van der Waals surface area contributed by atoms with Crippen molar-refractivity contribution in [2.24, 2.45) is 0 Å². The molecule has 8 heteroatoms. The van der Waals surface area contributed by atoms with E-state index in [0.29, 0.717) is 23.0 Å². The van der Waals surface area contributed by atoms with E-state index in [-0.39, 0.29) is 31.0 Å². The molecular weight excluding hydrogens is 322 g/mol. The van der Waals surface area contributed by atoms with Crippen molar-refractivity contribution in [2.45, 2.75) is 19.5 Å². The van der Waals surface area contributed by atoms with Crippen LogP contribution in [0.1, 0.15) is 11.3 Å². The standard InChI is InChI=1S/C17H17N5O3/c23-6-5-22-17(25)14-4-2-1-3-13(14)15(21-22)7-16(24)20-10-12-8-18-11-19-9-12/h1-4,8-9,11,23H,5-7,10H2,(H,20,24). The number of aliphatic hydroxyl groups excluding tert-OH is 1. The van der Waals surface area contributed by atoms with Gasteiger partial charge in [0, 0.05) is 29.9 Å². The molecule has 128 valence electrons. The molecule has 0 atom stereocenters. The lowest BCUT2D eigenvalue weighted by Crippen LogP contribution is -2.29. The van der Waals surface area contributed by atoms with Gasteiger partial charge < -0.3 is 10.4 Å². The Labute approximate surface area is 143 Å². The van der Waals surface area contributed by atoms with Gasteiger partial charge in [-0.3, -0.25) is 9.59 Å². The highest BCUT2D eigenvalue weighted by molar-refractivity contribution is 5.88. The van der Waals surface area contributed by atoms with Gasteiger partial charge in [-0.25, -0.2) is 14.6 Å². The molecule has 0 fully saturated rings. The third-order valence-electron chi connectivity index (χ3n) is 3.69. The highest BCUT2D eigenvalue weighted by Gasteiger charge is 2.13. The summed E-state index contributed by atoms with van der Waals surface area (Å²) in [5.41, 5.74) is 1.000. The maximum atomic E-state index is 12.3. The predicted octanol–water partition coefficient (Wildman–Crippen LogP) is 0.0377. The van der Waals surface area contributed by atoms with Gasteiger partial charge in [0.05, 0.1) is 30.7 Å². The van der Waals surface area contributed by atoms with Crippen LogP contribution in [0.5, 0.6) is 0 Å². The predicted molar refractivity (Wildman–Crippen MR) is 90.7 cm³/mol. The van der Waals surface area contributed by atoms with Crippen molar-refractivity contribution in [1.82, 2.24) is 25.1 Å². The van der Waals surface area contributed by atoms with Crippen molar-refractivity contribution < 1.29 is 9.90 Å². The minimum absolute atomic E-state index is 0.0277. The van der Waals surface area contributed by atoms with Crippen LogP contribution < -0.4 is 10.9 Å². The Morgan fingerprint density at radius 2 is 1.88 bits per heavy atom. The lowest BCUT2D eigenvalue weighted by atomic mass is 10.1. The molecule has 8 nitrogen and oxygen atoms in total. The Kier molecular flexibility index (Phi) is 5.10. The summed E-state index contributed by atoms with van der Waals surface area (Å²) >= 11 is 0. The van der Waals surface area contributed by atoms with E-state index in [4.69, 9.17) is 5.11 Å². The Morgan fingerprint density at radius 1 is 1.16 bits per heavy atom. The third-order valence-corrected chi connectivity index (χ3v) is 3.69. The van der Waals surface area contributed by atoms with Crippen LogP contribution in [-0.4, -0.2) is 37.4 Å². The summed E-state index contributed by atoms with van der Waals surface area (Å²) in [6, 6.07) is 7.01. The van der Waals surface area contributed by atoms with Crippen LogP contribution in [0, 0.1) is 0 Å². The SMILES string of the molecule is O=C(Cc1nn(CCO)c(=O)c2ccccc12)NCc1cncnc1. The maximum absolute atomic E-state index is 12.3. The molecule has 1 amide bonds. The Balaban J connectivity index is 1.83. The molecule has 1 aromatic carbocycles. The van der Waals surface area contributed by atoms with Gasteiger partial charge in [-0.2, -0.15) is 5.10 Å². The first-order chi connectivity index (χ1) is 12.2. The second-order valence-corrected chi connectivity index (χ2v) is 5.44. The van der Waals surface area contributed by atoms with Crippen LogP contribution in [-0.2, 0) is 24.3 Å². The molecule has 0 radical (unpaired) electrons. The number of nitrogens with one attached hydrogen (secondary N) is 1. The van der Waals surface area contributed by atoms with Crippen molar-refractivity contribution in [3.63, 3.8) is 0 Å². The van der Waals surface area contributed by atoms with Gasteiger partial charge in [-0.05, 0) is 6.07 Å². The zero-order valence-electron chi connectivity index (χ0n) is 13.4. The van der Waals surface area contributed by atoms with Gasteiger partial charge >= 0.3 is 0 Å². The van der Waals surface area contributed by atoms with Gasteiger partial charge in [-0.1, -0.05) is 18.2 Å². The minimum Gasteiger partial charge on any atom is -0.394 e. The number of carbonyl (C=O) groups is 1. The largest absolute Gasteiger partial charge is 0.394 e. The fourth-order valence-corrected chi connectivity index (χ4v) is 2.52. The Hall–Kier alpha value is -3.13. The number of hydrogen-bond acceptors (Lipinski definition) is 6. The van der Waals surface area contributed by atoms with Crippen molar-refractivity contribution in [2.75, 3.05) is 6.61 Å². The Bertz CT molecular complexity index is 940. The molecule has 0 aliphatic carbocycles. The minimum atomic E-state index is -0.282. The summed E-state index contributed by atoms with van der Waals surface area (Å²) in [5.74, 6) is -0.226. The summed E-state index contributed by atoms with van der Waals surface area (Å²) in [6.07, 6.45) is 4.70. The van der Waals surface area contributed by atoms with Crippen molar-refractivity contribution in [3.8, 4) is 0 Å². The van der Waals surface area contributed by atoms with Crippen LogP contribution >= 0.6 is 0 Å². The summed E-state index contributed by atoms with van der Waals surface area (Å²) in [6.45, 7) is 0.193. The van der Waals surface area contributed by atoms with Gasteiger partial charge in [-0.15, -0.1) is 0 Å². The molecule has 0 aliphatic rings. The van der Waals surface area contributed by atoms with E-state index in [2.05, 4.69) is 20.4 Å². The van der Waals surface area contributed by atoms with E-state index in [1.807, 2.05) is 0 Å². The van der Waals surface area contributed by atoms with Crippen LogP contribution in [0.25, 0.3) is 10.8 Å². The van der Waals surface area contributed by atoms with E-state index in [1.54, 1.807) is 36.7 Å². The number of benzene rings is 1. The number of nitrogens with zero attached hydrogens (tertiary/aromatic N) is 4. The smallest absolute Gasteiger partial charge is 0.274 e. The van der Waals surface area contributed by atoms with Crippen LogP contribution in [0.3, 0.4) is 0 Å². The lowest BCUT2D eigenvalue weighted by Gasteiger charge is -2.10. The van der Waals surface area contributed by atoms with Gasteiger partial charge in [0.25, 0.3) is 5.56 Å². The monoisotopic (exact) mass is 339 g/mol. The summed E-state index contributed by atoms with van der Waals surface area (Å²) in [7, 11) is 0. The van der Waals surface area contributed by atoms with Gasteiger partial charge in [0.1, 0.15) is 6.33 Å². The molecule has 3 rings (SSSR count). The topological polar surface area (TPSA) is 110 Å². The Morgan fingerprint density at radius 3 is 2.60 bits per heavy atom. The number of carbonyl (C=O) groups excluding carboxylic acids is 1. The van der Waals surface area contributed by atoms with Crippen LogP contribution in [0.2, 0.25) is 0 Å². The second-order valence-electron chi connectivity index (χ2n) is 5.44. The van der Waals surface area contributed by atoms with Crippen LogP contribution in [0.15, 0.2) is 47.8 Å². The van der Waals surface area contributed by atoms with Crippen molar-refractivity contribution in [1.29, 1.82) is 0 Å². The van der Waals surface area contributed by atoms with E-state index >= 15 is 0 Å². The molecule has 2 heterocycles. The number of rotatable bonds is 6. The average Bonchev–Trinajstić information content (AvgIpc) is 2.65. The molecule has 0 spiro atoms. The first kappa shape index (κ1) is 16.7. The van der Waals surface area contributed by atoms with E-state index in [1.165, 1.54) is 11.0 Å². The quantitative estimate of drug-likeness (QED) is 0.656. The fourth-order valence-electron chi connectivity index (χ4n) is 2.52. The van der Waals surface area contributed by atoms with E-state index < -0.39 is 0 Å². The summed E-state index contributed by atoms with van der Waals surface area (Å²) in [5, 5.41) is 17.3. The maximum Gasteiger partial charge on any atom is 0.274 e. The zero-order valence-corrected chi connectivity index (χ0v) is 13.4. The fraction of sp³-hybridized carbons (Fsp3) is 0.235. The third kappa shape index (κ3) is 3.86. The zero-order chi connectivity index (χ0) is 17.6. The highest BCUT2D eigenvalue weighted by Crippen LogP contribution is 2.13. The normalized spacial score (nSPS) is 10.8. The molecule has 0 saturated heterocycles. The number of fused-ring (bicyclic) bond motifs is 1. The summed E-state index contributed by atoms with van der Waals surface area (Å²) < 4.78 is 1.19. The van der Waals surface area contributed by atoms with Crippen molar-refractivity contribution >= 4 is 16.7 Å². The van der Waals surface area contributed by atoms with Gasteiger partial charge in [0.2, 0.25) is 5.91 Å². The molecule has 0 unspecified atom stereocenters. The summed E-state index contributed by atoms with van der Waals surface area (Å²) in [4.78, 5) is 32.4. The molecule has 0 saturated carbocycles. The average molecular weight is 339 g/mol. The number of aromatic nitrogens is 4. The lowest BCUT2D eigenvalue weighted by molar-refractivity contribution is -0.120. The first-order valence-electron chi connectivity index (χ1n) is 7.79. The molecule has 0 aliphatic heterocycles. The first-order valence-corrected chi connectivity index (χ1v) is 7.79. The molecule has 25 heavy (non-hydrogen) atoms. The molecule has 3 aromatic rings.